The number of oxazole rings is 1. The highest BCUT2D eigenvalue weighted by molar-refractivity contribution is 6.01. The predicted molar refractivity (Wildman–Crippen MR) is 170 cm³/mol. The number of nitrogens with zero attached hydrogens (tertiary/aromatic N) is 4. The fourth-order valence-corrected chi connectivity index (χ4v) is 6.61. The zero-order valence-electron chi connectivity index (χ0n) is 26.7. The zero-order chi connectivity index (χ0) is 32.0. The largest absolute Gasteiger partial charge is 0.494 e. The van der Waals surface area contributed by atoms with E-state index in [9.17, 15) is 14.9 Å². The molecule has 0 spiro atoms. The fourth-order valence-electron chi connectivity index (χ4n) is 6.61. The smallest absolute Gasteiger partial charge is 0.407 e. The Kier molecular flexibility index (Phi) is 10.1. The number of ether oxygens (including phenoxy) is 2. The van der Waals surface area contributed by atoms with Crippen molar-refractivity contribution in [3.63, 3.8) is 0 Å². The Morgan fingerprint density at radius 1 is 1.11 bits per heavy atom. The molecule has 0 radical (unpaired) electrons. The maximum Gasteiger partial charge on any atom is 0.407 e. The lowest BCUT2D eigenvalue weighted by molar-refractivity contribution is -0.140. The molecular formula is C35H43N5O5. The summed E-state index contributed by atoms with van der Waals surface area (Å²) in [5.74, 6) is 1.59. The number of amides is 2. The summed E-state index contributed by atoms with van der Waals surface area (Å²) in [7, 11) is 3.06. The number of carbonyl (C=O) groups excluding carboxylic acids is 2. The van der Waals surface area contributed by atoms with Gasteiger partial charge >= 0.3 is 6.09 Å². The first kappa shape index (κ1) is 32.0. The molecule has 5 rings (SSSR count). The van der Waals surface area contributed by atoms with Crippen LogP contribution in [0, 0.1) is 17.2 Å². The molecule has 0 saturated heterocycles. The van der Waals surface area contributed by atoms with Gasteiger partial charge in [0.25, 0.3) is 5.91 Å². The SMILES string of the molecule is CNC(=O)OC1(C(=O)N(CC2CCC(c3ccc(OC)c(C#N)n3)CC2)c2cccc(-c3coc(C(C)C)n3)c2)CCCCC1. The number of hydrogen-bond donors (Lipinski definition) is 1. The van der Waals surface area contributed by atoms with E-state index in [1.807, 2.05) is 55.1 Å². The van der Waals surface area contributed by atoms with E-state index < -0.39 is 11.7 Å². The van der Waals surface area contributed by atoms with Crippen LogP contribution in [0.4, 0.5) is 10.5 Å². The van der Waals surface area contributed by atoms with Gasteiger partial charge in [-0.25, -0.2) is 14.8 Å². The monoisotopic (exact) mass is 613 g/mol. The second-order valence-electron chi connectivity index (χ2n) is 12.5. The van der Waals surface area contributed by atoms with Crippen LogP contribution in [0.25, 0.3) is 11.3 Å². The third kappa shape index (κ3) is 7.14. The Morgan fingerprint density at radius 2 is 1.87 bits per heavy atom. The highest BCUT2D eigenvalue weighted by atomic mass is 16.6. The Balaban J connectivity index is 1.42. The van der Waals surface area contributed by atoms with Crippen molar-refractivity contribution in [1.29, 1.82) is 5.26 Å². The molecule has 2 heterocycles. The fraction of sp³-hybridized carbons (Fsp3) is 0.514. The molecule has 0 unspecified atom stereocenters. The van der Waals surface area contributed by atoms with E-state index in [-0.39, 0.29) is 23.7 Å². The van der Waals surface area contributed by atoms with Crippen LogP contribution >= 0.6 is 0 Å². The lowest BCUT2D eigenvalue weighted by Crippen LogP contribution is -2.55. The number of benzene rings is 1. The predicted octanol–water partition coefficient (Wildman–Crippen LogP) is 7.11. The van der Waals surface area contributed by atoms with E-state index in [0.29, 0.717) is 42.4 Å². The van der Waals surface area contributed by atoms with Crippen LogP contribution in [0.5, 0.6) is 5.75 Å². The van der Waals surface area contributed by atoms with Crippen molar-refractivity contribution in [1.82, 2.24) is 15.3 Å². The van der Waals surface area contributed by atoms with Crippen LogP contribution in [0.1, 0.15) is 101 Å². The first-order valence-electron chi connectivity index (χ1n) is 16.0. The van der Waals surface area contributed by atoms with Gasteiger partial charge in [0.05, 0.1) is 7.11 Å². The number of carbonyl (C=O) groups is 2. The molecule has 45 heavy (non-hydrogen) atoms. The number of aromatic nitrogens is 2. The molecule has 10 heteroatoms. The van der Waals surface area contributed by atoms with Gasteiger partial charge in [-0.2, -0.15) is 5.26 Å². The van der Waals surface area contributed by atoms with Crippen LogP contribution in [-0.4, -0.2) is 48.3 Å². The van der Waals surface area contributed by atoms with Gasteiger partial charge in [0.15, 0.2) is 22.9 Å². The Labute approximate surface area is 265 Å². The van der Waals surface area contributed by atoms with Crippen molar-refractivity contribution in [2.45, 2.75) is 89.1 Å². The first-order valence-corrected chi connectivity index (χ1v) is 16.0. The molecule has 238 valence electrons. The van der Waals surface area contributed by atoms with Crippen molar-refractivity contribution >= 4 is 17.7 Å². The molecule has 2 fully saturated rings. The molecule has 10 nitrogen and oxygen atoms in total. The summed E-state index contributed by atoms with van der Waals surface area (Å²) < 4.78 is 16.9. The van der Waals surface area contributed by atoms with E-state index in [0.717, 1.165) is 61.9 Å². The molecule has 0 bridgehead atoms. The molecular weight excluding hydrogens is 570 g/mol. The highest BCUT2D eigenvalue weighted by Crippen LogP contribution is 2.40. The third-order valence-electron chi connectivity index (χ3n) is 9.17. The number of pyridine rings is 1. The summed E-state index contributed by atoms with van der Waals surface area (Å²) in [5.41, 5.74) is 2.30. The van der Waals surface area contributed by atoms with E-state index in [4.69, 9.17) is 13.9 Å². The van der Waals surface area contributed by atoms with Gasteiger partial charge in [-0.3, -0.25) is 4.79 Å². The van der Waals surface area contributed by atoms with Gasteiger partial charge in [-0.1, -0.05) is 32.4 Å². The van der Waals surface area contributed by atoms with Gasteiger partial charge < -0.3 is 24.1 Å². The summed E-state index contributed by atoms with van der Waals surface area (Å²) in [6, 6.07) is 13.7. The Morgan fingerprint density at radius 3 is 2.51 bits per heavy atom. The van der Waals surface area contributed by atoms with E-state index in [1.165, 1.54) is 14.2 Å². The topological polar surface area (TPSA) is 131 Å². The molecule has 2 aliphatic rings. The average molecular weight is 614 g/mol. The molecule has 0 atom stereocenters. The van der Waals surface area contributed by atoms with Gasteiger partial charge in [0.2, 0.25) is 0 Å². The maximum absolute atomic E-state index is 14.6. The standard InChI is InChI=1S/C35H43N5O5/c1-23(2)32-39-30(22-44-32)26-9-8-10-27(19-26)40(33(41)35(45-34(42)37-3)17-6-5-7-18-35)21-24-11-13-25(14-12-24)28-15-16-31(43-4)29(20-36)38-28/h8-10,15-16,19,22-25H,5-7,11-14,17-18,21H2,1-4H3,(H,37,42). The van der Waals surface area contributed by atoms with Crippen molar-refractivity contribution in [3.05, 3.63) is 59.9 Å². The second kappa shape index (κ2) is 14.1. The molecule has 1 aromatic carbocycles. The van der Waals surface area contributed by atoms with Crippen LogP contribution in [0.2, 0.25) is 0 Å². The number of hydrogen-bond acceptors (Lipinski definition) is 8. The van der Waals surface area contributed by atoms with E-state index in [2.05, 4.69) is 21.4 Å². The summed E-state index contributed by atoms with van der Waals surface area (Å²) >= 11 is 0. The molecule has 2 amide bonds. The summed E-state index contributed by atoms with van der Waals surface area (Å²) in [4.78, 5) is 38.3. The number of nitrogens with one attached hydrogen (secondary N) is 1. The molecule has 3 aromatic rings. The van der Waals surface area contributed by atoms with Gasteiger partial charge in [0, 0.05) is 42.4 Å². The lowest BCUT2D eigenvalue weighted by atomic mass is 9.79. The molecule has 2 aromatic heterocycles. The molecule has 2 saturated carbocycles. The minimum atomic E-state index is -1.22. The van der Waals surface area contributed by atoms with Crippen molar-refractivity contribution in [3.8, 4) is 23.1 Å². The number of alkyl carbamates (subject to hydrolysis) is 1. The molecule has 0 aliphatic heterocycles. The molecule has 1 N–H and O–H groups in total. The normalized spacial score (nSPS) is 19.4. The lowest BCUT2D eigenvalue weighted by Gasteiger charge is -2.40. The van der Waals surface area contributed by atoms with E-state index >= 15 is 0 Å². The van der Waals surface area contributed by atoms with Crippen LogP contribution in [-0.2, 0) is 9.53 Å². The van der Waals surface area contributed by atoms with Crippen LogP contribution in [0.3, 0.4) is 0 Å². The summed E-state index contributed by atoms with van der Waals surface area (Å²) in [5, 5.41) is 12.1. The van der Waals surface area contributed by atoms with Crippen LogP contribution < -0.4 is 15.0 Å². The zero-order valence-corrected chi connectivity index (χ0v) is 26.7. The number of nitriles is 1. The number of anilines is 1. The highest BCUT2D eigenvalue weighted by Gasteiger charge is 2.46. The number of methoxy groups -OCH3 is 1. The first-order chi connectivity index (χ1) is 21.8. The van der Waals surface area contributed by atoms with Crippen LogP contribution in [0.15, 0.2) is 47.1 Å². The minimum Gasteiger partial charge on any atom is -0.494 e. The quantitative estimate of drug-likeness (QED) is 0.270. The summed E-state index contributed by atoms with van der Waals surface area (Å²) in [6.07, 6.45) is 8.28. The van der Waals surface area contributed by atoms with Crippen molar-refractivity contribution in [2.75, 3.05) is 25.6 Å². The van der Waals surface area contributed by atoms with E-state index in [1.54, 1.807) is 6.26 Å². The molecule has 2 aliphatic carbocycles. The summed E-state index contributed by atoms with van der Waals surface area (Å²) in [6.45, 7) is 4.57. The minimum absolute atomic E-state index is 0.155. The van der Waals surface area contributed by atoms with Crippen molar-refractivity contribution in [2.24, 2.45) is 5.92 Å². The number of rotatable bonds is 9. The van der Waals surface area contributed by atoms with Gasteiger partial charge in [0.1, 0.15) is 18.0 Å². The van der Waals surface area contributed by atoms with Crippen molar-refractivity contribution < 1.29 is 23.5 Å². The Hall–Kier alpha value is -4.39. The maximum atomic E-state index is 14.6. The Bertz CT molecular complexity index is 1530. The van der Waals surface area contributed by atoms with Gasteiger partial charge in [-0.15, -0.1) is 0 Å². The second-order valence-corrected chi connectivity index (χ2v) is 12.5. The third-order valence-corrected chi connectivity index (χ3v) is 9.17. The average Bonchev–Trinajstić information content (AvgIpc) is 3.58. The van der Waals surface area contributed by atoms with Gasteiger partial charge in [-0.05, 0) is 81.5 Å².